The van der Waals surface area contributed by atoms with Gasteiger partial charge in [0.05, 0.1) is 6.20 Å². The summed E-state index contributed by atoms with van der Waals surface area (Å²) in [6.07, 6.45) is 3.87. The van der Waals surface area contributed by atoms with Gasteiger partial charge in [-0.05, 0) is 6.42 Å². The lowest BCUT2D eigenvalue weighted by molar-refractivity contribution is -0.0130. The summed E-state index contributed by atoms with van der Waals surface area (Å²) in [6.45, 7) is 0. The fourth-order valence-electron chi connectivity index (χ4n) is 1.35. The van der Waals surface area contributed by atoms with E-state index >= 15 is 0 Å². The Morgan fingerprint density at radius 1 is 1.50 bits per heavy atom. The Labute approximate surface area is 68.7 Å². The van der Waals surface area contributed by atoms with Gasteiger partial charge in [0.15, 0.2) is 0 Å². The normalized spacial score (nSPS) is 20.2. The SMILES string of the molecule is FC1(F)CCc2ncn[c]c2C1. The van der Waals surface area contributed by atoms with E-state index in [1.807, 2.05) is 0 Å². The van der Waals surface area contributed by atoms with Crippen LogP contribution in [0.3, 0.4) is 0 Å². The van der Waals surface area contributed by atoms with Gasteiger partial charge in [0.2, 0.25) is 0 Å². The third kappa shape index (κ3) is 1.29. The summed E-state index contributed by atoms with van der Waals surface area (Å²) in [5.41, 5.74) is 1.18. The van der Waals surface area contributed by atoms with E-state index in [0.29, 0.717) is 12.0 Å². The molecule has 0 atom stereocenters. The van der Waals surface area contributed by atoms with Gasteiger partial charge in [-0.15, -0.1) is 0 Å². The molecule has 0 fully saturated rings. The van der Waals surface area contributed by atoms with Gasteiger partial charge in [0.25, 0.3) is 5.92 Å². The molecule has 12 heavy (non-hydrogen) atoms. The topological polar surface area (TPSA) is 25.8 Å². The number of fused-ring (bicyclic) bond motifs is 1. The smallest absolute Gasteiger partial charge is 0.241 e. The van der Waals surface area contributed by atoms with Crippen molar-refractivity contribution in [3.05, 3.63) is 23.8 Å². The molecule has 0 unspecified atom stereocenters. The second-order valence-corrected chi connectivity index (χ2v) is 2.94. The van der Waals surface area contributed by atoms with Crippen molar-refractivity contribution in [3.63, 3.8) is 0 Å². The molecule has 63 valence electrons. The average Bonchev–Trinajstić information content (AvgIpc) is 2.02. The van der Waals surface area contributed by atoms with Crippen LogP contribution in [-0.2, 0) is 12.8 Å². The molecule has 2 nitrogen and oxygen atoms in total. The minimum absolute atomic E-state index is 0.106. The lowest BCUT2D eigenvalue weighted by Gasteiger charge is -2.22. The number of hydrogen-bond donors (Lipinski definition) is 0. The maximum absolute atomic E-state index is 12.8. The lowest BCUT2D eigenvalue weighted by atomic mass is 9.94. The number of alkyl halides is 2. The molecule has 1 aromatic heterocycles. The highest BCUT2D eigenvalue weighted by Gasteiger charge is 2.34. The van der Waals surface area contributed by atoms with E-state index in [1.165, 1.54) is 6.33 Å². The first-order valence-corrected chi connectivity index (χ1v) is 3.76. The molecule has 1 aliphatic rings. The summed E-state index contributed by atoms with van der Waals surface area (Å²) in [7, 11) is 0. The standard InChI is InChI=1S/C8H7F2N2/c9-8(10)2-1-7-6(3-8)4-11-5-12-7/h5H,1-3H2. The molecule has 0 saturated carbocycles. The molecule has 1 radical (unpaired) electrons. The zero-order chi connectivity index (χ0) is 8.60. The first-order valence-electron chi connectivity index (χ1n) is 3.76. The van der Waals surface area contributed by atoms with Gasteiger partial charge in [0.1, 0.15) is 6.33 Å². The number of aryl methyl sites for hydroxylation is 1. The summed E-state index contributed by atoms with van der Waals surface area (Å²) in [5, 5.41) is 0. The van der Waals surface area contributed by atoms with E-state index in [0.717, 1.165) is 5.69 Å². The molecule has 0 saturated heterocycles. The number of nitrogens with zero attached hydrogens (tertiary/aromatic N) is 2. The summed E-state index contributed by atoms with van der Waals surface area (Å²) in [4.78, 5) is 7.50. The summed E-state index contributed by atoms with van der Waals surface area (Å²) in [5.74, 6) is -2.59. The van der Waals surface area contributed by atoms with Crippen LogP contribution in [0.15, 0.2) is 6.33 Å². The Balaban J connectivity index is 2.35. The van der Waals surface area contributed by atoms with Crippen molar-refractivity contribution in [2.45, 2.75) is 25.2 Å². The Morgan fingerprint density at radius 2 is 2.33 bits per heavy atom. The molecule has 0 amide bonds. The van der Waals surface area contributed by atoms with Crippen molar-refractivity contribution in [1.82, 2.24) is 9.97 Å². The van der Waals surface area contributed by atoms with Crippen LogP contribution in [0.1, 0.15) is 17.7 Å². The van der Waals surface area contributed by atoms with Crippen molar-refractivity contribution in [2.75, 3.05) is 0 Å². The van der Waals surface area contributed by atoms with Crippen molar-refractivity contribution in [1.29, 1.82) is 0 Å². The van der Waals surface area contributed by atoms with Gasteiger partial charge in [-0.1, -0.05) is 0 Å². The second-order valence-electron chi connectivity index (χ2n) is 2.94. The van der Waals surface area contributed by atoms with Crippen LogP contribution in [0.5, 0.6) is 0 Å². The molecule has 0 spiro atoms. The van der Waals surface area contributed by atoms with E-state index in [1.54, 1.807) is 0 Å². The van der Waals surface area contributed by atoms with Crippen LogP contribution in [0.25, 0.3) is 0 Å². The molecular formula is C8H7F2N2. The Bertz CT molecular complexity index is 299. The third-order valence-corrected chi connectivity index (χ3v) is 1.98. The van der Waals surface area contributed by atoms with Crippen LogP contribution in [0.4, 0.5) is 8.78 Å². The second kappa shape index (κ2) is 2.47. The molecule has 1 aromatic rings. The Morgan fingerprint density at radius 3 is 3.17 bits per heavy atom. The molecule has 0 N–H and O–H groups in total. The largest absolute Gasteiger partial charge is 0.252 e. The molecular weight excluding hydrogens is 162 g/mol. The highest BCUT2D eigenvalue weighted by molar-refractivity contribution is 5.20. The zero-order valence-corrected chi connectivity index (χ0v) is 6.35. The quantitative estimate of drug-likeness (QED) is 0.586. The first-order chi connectivity index (χ1) is 5.67. The molecule has 1 aliphatic carbocycles. The van der Waals surface area contributed by atoms with E-state index in [2.05, 4.69) is 16.2 Å². The predicted octanol–water partition coefficient (Wildman–Crippen LogP) is 1.40. The maximum Gasteiger partial charge on any atom is 0.252 e. The fourth-order valence-corrected chi connectivity index (χ4v) is 1.35. The van der Waals surface area contributed by atoms with Gasteiger partial charge in [-0.25, -0.2) is 18.7 Å². The van der Waals surface area contributed by atoms with Crippen molar-refractivity contribution in [3.8, 4) is 0 Å². The molecule has 1 heterocycles. The number of rotatable bonds is 0. The molecule has 0 bridgehead atoms. The lowest BCUT2D eigenvalue weighted by Crippen LogP contribution is -2.26. The Kier molecular flexibility index (Phi) is 1.56. The summed E-state index contributed by atoms with van der Waals surface area (Å²) < 4.78 is 25.6. The van der Waals surface area contributed by atoms with Gasteiger partial charge in [0, 0.05) is 24.1 Å². The molecule has 0 aliphatic heterocycles. The van der Waals surface area contributed by atoms with Crippen LogP contribution in [0.2, 0.25) is 0 Å². The predicted molar refractivity (Wildman–Crippen MR) is 37.8 cm³/mol. The minimum Gasteiger partial charge on any atom is -0.241 e. The molecule has 4 heteroatoms. The van der Waals surface area contributed by atoms with E-state index in [-0.39, 0.29) is 12.8 Å². The van der Waals surface area contributed by atoms with Crippen LogP contribution < -0.4 is 0 Å². The Hall–Kier alpha value is -1.06. The third-order valence-electron chi connectivity index (χ3n) is 1.98. The number of aromatic nitrogens is 2. The van der Waals surface area contributed by atoms with Gasteiger partial charge >= 0.3 is 0 Å². The number of halogens is 2. The van der Waals surface area contributed by atoms with Crippen LogP contribution in [-0.4, -0.2) is 15.9 Å². The van der Waals surface area contributed by atoms with E-state index in [4.69, 9.17) is 0 Å². The highest BCUT2D eigenvalue weighted by atomic mass is 19.3. The van der Waals surface area contributed by atoms with E-state index in [9.17, 15) is 8.78 Å². The van der Waals surface area contributed by atoms with Crippen molar-refractivity contribution >= 4 is 0 Å². The van der Waals surface area contributed by atoms with Gasteiger partial charge < -0.3 is 0 Å². The average molecular weight is 169 g/mol. The van der Waals surface area contributed by atoms with Gasteiger partial charge in [-0.2, -0.15) is 0 Å². The molecule has 0 aromatic carbocycles. The summed E-state index contributed by atoms with van der Waals surface area (Å²) in [6, 6.07) is 0. The zero-order valence-electron chi connectivity index (χ0n) is 6.35. The first kappa shape index (κ1) is 7.58. The van der Waals surface area contributed by atoms with Crippen LogP contribution >= 0.6 is 0 Å². The monoisotopic (exact) mass is 169 g/mol. The summed E-state index contributed by atoms with van der Waals surface area (Å²) >= 11 is 0. The highest BCUT2D eigenvalue weighted by Crippen LogP contribution is 2.30. The van der Waals surface area contributed by atoms with E-state index < -0.39 is 5.92 Å². The maximum atomic E-state index is 12.8. The van der Waals surface area contributed by atoms with Crippen molar-refractivity contribution < 1.29 is 8.78 Å². The van der Waals surface area contributed by atoms with Gasteiger partial charge in [-0.3, -0.25) is 0 Å². The number of hydrogen-bond acceptors (Lipinski definition) is 2. The molecule has 2 rings (SSSR count). The fraction of sp³-hybridized carbons (Fsp3) is 0.500. The van der Waals surface area contributed by atoms with Crippen LogP contribution in [0, 0.1) is 6.20 Å². The minimum atomic E-state index is -2.59. The van der Waals surface area contributed by atoms with Crippen molar-refractivity contribution in [2.24, 2.45) is 0 Å².